The number of halogens is 1. The number of furan rings is 1. The predicted octanol–water partition coefficient (Wildman–Crippen LogP) is 3.13. The fraction of sp³-hybridized carbons (Fsp3) is 0.333. The third-order valence-corrected chi connectivity index (χ3v) is 4.57. The van der Waals surface area contributed by atoms with Crippen molar-refractivity contribution in [1.29, 1.82) is 0 Å². The molecular weight excluding hydrogens is 309 g/mol. The molecule has 24 heavy (non-hydrogen) atoms. The van der Waals surface area contributed by atoms with E-state index in [9.17, 15) is 9.18 Å². The highest BCUT2D eigenvalue weighted by Gasteiger charge is 2.25. The lowest BCUT2D eigenvalue weighted by molar-refractivity contribution is 0.0900. The van der Waals surface area contributed by atoms with E-state index in [-0.39, 0.29) is 23.3 Å². The van der Waals surface area contributed by atoms with Crippen LogP contribution in [0.15, 0.2) is 28.8 Å². The van der Waals surface area contributed by atoms with Gasteiger partial charge < -0.3 is 14.3 Å². The molecule has 0 unspecified atom stereocenters. The third kappa shape index (κ3) is 2.38. The second-order valence-corrected chi connectivity index (χ2v) is 6.33. The van der Waals surface area contributed by atoms with Crippen LogP contribution >= 0.6 is 0 Å². The SMILES string of the molecule is Cc1cn2c(n1)CC[C@H](NC(=O)c1oc3c(F)cccc3c1C)C2. The lowest BCUT2D eigenvalue weighted by atomic mass is 10.1. The van der Waals surface area contributed by atoms with Crippen molar-refractivity contribution >= 4 is 16.9 Å². The molecule has 4 rings (SSSR count). The Morgan fingerprint density at radius 1 is 1.42 bits per heavy atom. The maximum absolute atomic E-state index is 13.8. The van der Waals surface area contributed by atoms with Crippen LogP contribution in [0.25, 0.3) is 11.0 Å². The van der Waals surface area contributed by atoms with Crippen molar-refractivity contribution in [2.24, 2.45) is 0 Å². The number of imidazole rings is 1. The second-order valence-electron chi connectivity index (χ2n) is 6.33. The van der Waals surface area contributed by atoms with Crippen molar-refractivity contribution in [1.82, 2.24) is 14.9 Å². The molecule has 1 amide bonds. The molecule has 0 saturated heterocycles. The molecule has 1 aliphatic heterocycles. The van der Waals surface area contributed by atoms with Crippen molar-refractivity contribution in [2.45, 2.75) is 39.3 Å². The Morgan fingerprint density at radius 2 is 2.25 bits per heavy atom. The molecule has 3 heterocycles. The summed E-state index contributed by atoms with van der Waals surface area (Å²) in [6.45, 7) is 4.43. The van der Waals surface area contributed by atoms with Crippen LogP contribution < -0.4 is 5.32 Å². The Hall–Kier alpha value is -2.63. The minimum absolute atomic E-state index is 0.0102. The van der Waals surface area contributed by atoms with E-state index in [0.717, 1.165) is 24.4 Å². The summed E-state index contributed by atoms with van der Waals surface area (Å²) in [5.74, 6) is 0.488. The highest BCUT2D eigenvalue weighted by molar-refractivity contribution is 5.99. The van der Waals surface area contributed by atoms with E-state index in [0.29, 0.717) is 17.5 Å². The average Bonchev–Trinajstić information content (AvgIpc) is 3.08. The number of carbonyl (C=O) groups excluding carboxylic acids is 1. The Morgan fingerprint density at radius 3 is 3.04 bits per heavy atom. The van der Waals surface area contributed by atoms with Gasteiger partial charge in [-0.25, -0.2) is 9.37 Å². The summed E-state index contributed by atoms with van der Waals surface area (Å²) in [6, 6.07) is 4.72. The van der Waals surface area contributed by atoms with E-state index in [4.69, 9.17) is 4.42 Å². The summed E-state index contributed by atoms with van der Waals surface area (Å²) in [5, 5.41) is 3.64. The minimum Gasteiger partial charge on any atom is -0.448 e. The number of fused-ring (bicyclic) bond motifs is 2. The van der Waals surface area contributed by atoms with Crippen molar-refractivity contribution in [3.05, 3.63) is 53.1 Å². The average molecular weight is 327 g/mol. The van der Waals surface area contributed by atoms with Gasteiger partial charge in [-0.1, -0.05) is 12.1 Å². The molecule has 0 radical (unpaired) electrons. The van der Waals surface area contributed by atoms with E-state index in [1.54, 1.807) is 19.1 Å². The summed E-state index contributed by atoms with van der Waals surface area (Å²) in [5.41, 5.74) is 1.79. The van der Waals surface area contributed by atoms with Gasteiger partial charge in [-0.15, -0.1) is 0 Å². The maximum atomic E-state index is 13.8. The van der Waals surface area contributed by atoms with Gasteiger partial charge in [0.25, 0.3) is 5.91 Å². The molecule has 5 nitrogen and oxygen atoms in total. The fourth-order valence-corrected chi connectivity index (χ4v) is 3.38. The van der Waals surface area contributed by atoms with Gasteiger partial charge in [0.2, 0.25) is 0 Å². The van der Waals surface area contributed by atoms with Crippen LogP contribution in [-0.2, 0) is 13.0 Å². The molecule has 0 fully saturated rings. The monoisotopic (exact) mass is 327 g/mol. The number of hydrogen-bond acceptors (Lipinski definition) is 3. The number of aryl methyl sites for hydroxylation is 3. The van der Waals surface area contributed by atoms with E-state index >= 15 is 0 Å². The zero-order chi connectivity index (χ0) is 16.8. The van der Waals surface area contributed by atoms with E-state index in [1.807, 2.05) is 13.1 Å². The van der Waals surface area contributed by atoms with Crippen molar-refractivity contribution in [3.8, 4) is 0 Å². The van der Waals surface area contributed by atoms with Crippen LogP contribution in [0.2, 0.25) is 0 Å². The molecule has 0 bridgehead atoms. The lowest BCUT2D eigenvalue weighted by Gasteiger charge is -2.24. The first-order valence-electron chi connectivity index (χ1n) is 8.04. The van der Waals surface area contributed by atoms with Gasteiger partial charge in [0.1, 0.15) is 5.82 Å². The van der Waals surface area contributed by atoms with Crippen LogP contribution in [-0.4, -0.2) is 21.5 Å². The number of nitrogens with one attached hydrogen (secondary N) is 1. The molecule has 3 aromatic rings. The smallest absolute Gasteiger partial charge is 0.287 e. The fourth-order valence-electron chi connectivity index (χ4n) is 3.38. The van der Waals surface area contributed by atoms with Crippen LogP contribution in [0.3, 0.4) is 0 Å². The van der Waals surface area contributed by atoms with Crippen molar-refractivity contribution < 1.29 is 13.6 Å². The van der Waals surface area contributed by atoms with Crippen LogP contribution in [0.1, 0.15) is 34.1 Å². The molecule has 1 aliphatic rings. The van der Waals surface area contributed by atoms with Gasteiger partial charge in [-0.3, -0.25) is 4.79 Å². The first-order valence-corrected chi connectivity index (χ1v) is 8.04. The number of amides is 1. The first-order chi connectivity index (χ1) is 11.5. The number of carbonyl (C=O) groups is 1. The minimum atomic E-state index is -0.453. The molecule has 1 atom stereocenters. The van der Waals surface area contributed by atoms with Crippen LogP contribution in [0.4, 0.5) is 4.39 Å². The Labute approximate surface area is 138 Å². The highest BCUT2D eigenvalue weighted by atomic mass is 19.1. The van der Waals surface area contributed by atoms with E-state index in [1.165, 1.54) is 6.07 Å². The molecule has 124 valence electrons. The van der Waals surface area contributed by atoms with Gasteiger partial charge in [-0.05, 0) is 26.3 Å². The zero-order valence-corrected chi connectivity index (χ0v) is 13.6. The normalized spacial score (nSPS) is 17.0. The Kier molecular flexibility index (Phi) is 3.40. The number of nitrogens with zero attached hydrogens (tertiary/aromatic N) is 2. The number of para-hydroxylation sites is 1. The molecule has 1 N–H and O–H groups in total. The Balaban J connectivity index is 1.57. The zero-order valence-electron chi connectivity index (χ0n) is 13.6. The predicted molar refractivity (Wildman–Crippen MR) is 87.4 cm³/mol. The van der Waals surface area contributed by atoms with Crippen LogP contribution in [0, 0.1) is 19.7 Å². The van der Waals surface area contributed by atoms with Gasteiger partial charge in [-0.2, -0.15) is 0 Å². The third-order valence-electron chi connectivity index (χ3n) is 4.57. The molecular formula is C18H18FN3O2. The summed E-state index contributed by atoms with van der Waals surface area (Å²) >= 11 is 0. The summed E-state index contributed by atoms with van der Waals surface area (Å²) < 4.78 is 21.4. The van der Waals surface area contributed by atoms with E-state index < -0.39 is 5.82 Å². The van der Waals surface area contributed by atoms with Gasteiger partial charge in [0.05, 0.1) is 5.69 Å². The first kappa shape index (κ1) is 14.9. The molecule has 1 aromatic carbocycles. The topological polar surface area (TPSA) is 60.1 Å². The molecule has 6 heteroatoms. The lowest BCUT2D eigenvalue weighted by Crippen LogP contribution is -2.41. The molecule has 0 spiro atoms. The molecule has 0 saturated carbocycles. The standard InChI is InChI=1S/C18H18FN3O2/c1-10-8-22-9-12(6-7-15(22)20-10)21-18(23)16-11(2)13-4-3-5-14(19)17(13)24-16/h3-5,8,12H,6-7,9H2,1-2H3,(H,21,23)/t12-/m0/s1. The Bertz CT molecular complexity index is 941. The molecule has 2 aromatic heterocycles. The van der Waals surface area contributed by atoms with Crippen molar-refractivity contribution in [3.63, 3.8) is 0 Å². The van der Waals surface area contributed by atoms with Gasteiger partial charge in [0.15, 0.2) is 17.2 Å². The number of benzene rings is 1. The van der Waals surface area contributed by atoms with Crippen LogP contribution in [0.5, 0.6) is 0 Å². The highest BCUT2D eigenvalue weighted by Crippen LogP contribution is 2.27. The summed E-state index contributed by atoms with van der Waals surface area (Å²) in [4.78, 5) is 17.0. The maximum Gasteiger partial charge on any atom is 0.287 e. The quantitative estimate of drug-likeness (QED) is 0.787. The van der Waals surface area contributed by atoms with Gasteiger partial charge >= 0.3 is 0 Å². The second kappa shape index (κ2) is 5.47. The molecule has 0 aliphatic carbocycles. The summed E-state index contributed by atoms with van der Waals surface area (Å²) in [6.07, 6.45) is 3.65. The largest absolute Gasteiger partial charge is 0.448 e. The number of aromatic nitrogens is 2. The number of rotatable bonds is 2. The van der Waals surface area contributed by atoms with Crippen molar-refractivity contribution in [2.75, 3.05) is 0 Å². The van der Waals surface area contributed by atoms with E-state index in [2.05, 4.69) is 14.9 Å². The number of hydrogen-bond donors (Lipinski definition) is 1. The summed E-state index contributed by atoms with van der Waals surface area (Å²) in [7, 11) is 0. The van der Waals surface area contributed by atoms with Gasteiger partial charge in [0, 0.05) is 36.2 Å².